The number of rotatable bonds is 2. The number of aliphatic imine (C=N–C) groups is 1. The highest BCUT2D eigenvalue weighted by Crippen LogP contribution is 2.33. The van der Waals surface area contributed by atoms with E-state index in [1.807, 2.05) is 23.9 Å². The molecule has 0 saturated carbocycles. The van der Waals surface area contributed by atoms with Crippen LogP contribution in [0.5, 0.6) is 5.75 Å². The summed E-state index contributed by atoms with van der Waals surface area (Å²) in [5.41, 5.74) is 7.33. The number of para-hydroxylation sites is 1. The van der Waals surface area contributed by atoms with Crippen molar-refractivity contribution in [2.75, 3.05) is 37.7 Å². The number of hydrogen-bond acceptors (Lipinski definition) is 3. The average Bonchev–Trinajstić information content (AvgIpc) is 2.89. The fraction of sp³-hybridized carbons (Fsp3) is 0.500. The molecule has 4 nitrogen and oxygen atoms in total. The molecule has 1 aromatic rings. The number of nitrogens with two attached hydrogens (primary N) is 1. The monoisotopic (exact) mass is 277 g/mol. The number of guanidine groups is 1. The van der Waals surface area contributed by atoms with E-state index in [0.29, 0.717) is 25.0 Å². The van der Waals surface area contributed by atoms with Crippen LogP contribution < -0.4 is 10.5 Å². The third kappa shape index (κ3) is 2.81. The lowest BCUT2D eigenvalue weighted by atomic mass is 10.0. The van der Waals surface area contributed by atoms with E-state index in [1.54, 1.807) is 0 Å². The number of fused-ring (bicyclic) bond motifs is 1. The van der Waals surface area contributed by atoms with E-state index in [0.717, 1.165) is 30.3 Å². The molecule has 102 valence electrons. The van der Waals surface area contributed by atoms with E-state index >= 15 is 0 Å². The summed E-state index contributed by atoms with van der Waals surface area (Å²) in [5.74, 6) is 4.31. The van der Waals surface area contributed by atoms with E-state index in [2.05, 4.69) is 22.0 Å². The van der Waals surface area contributed by atoms with Crippen LogP contribution in [-0.4, -0.2) is 48.6 Å². The average molecular weight is 277 g/mol. The summed E-state index contributed by atoms with van der Waals surface area (Å²) in [4.78, 5) is 6.74. The van der Waals surface area contributed by atoms with E-state index in [-0.39, 0.29) is 0 Å². The molecular weight excluding hydrogens is 258 g/mol. The van der Waals surface area contributed by atoms with Gasteiger partial charge in [0.05, 0.1) is 13.2 Å². The highest BCUT2D eigenvalue weighted by atomic mass is 32.2. The van der Waals surface area contributed by atoms with Gasteiger partial charge in [-0.05, 0) is 6.07 Å². The maximum atomic E-state index is 6.07. The van der Waals surface area contributed by atoms with Crippen LogP contribution in [-0.2, 0) is 0 Å². The highest BCUT2D eigenvalue weighted by molar-refractivity contribution is 7.99. The van der Waals surface area contributed by atoms with Crippen molar-refractivity contribution < 1.29 is 4.74 Å². The molecule has 0 bridgehead atoms. The molecule has 2 aliphatic heterocycles. The van der Waals surface area contributed by atoms with Gasteiger partial charge in [0.1, 0.15) is 5.75 Å². The second-order valence-electron chi connectivity index (χ2n) is 4.84. The number of ether oxygens (including phenoxy) is 1. The van der Waals surface area contributed by atoms with Gasteiger partial charge in [0.15, 0.2) is 5.96 Å². The van der Waals surface area contributed by atoms with Crippen molar-refractivity contribution >= 4 is 17.7 Å². The number of hydrogen-bond donors (Lipinski definition) is 1. The maximum absolute atomic E-state index is 6.07. The first kappa shape index (κ1) is 12.7. The molecule has 0 aliphatic carbocycles. The van der Waals surface area contributed by atoms with Gasteiger partial charge in [0.25, 0.3) is 0 Å². The number of thioether (sulfide) groups is 1. The van der Waals surface area contributed by atoms with Crippen LogP contribution in [0.4, 0.5) is 0 Å². The number of benzene rings is 1. The van der Waals surface area contributed by atoms with E-state index in [9.17, 15) is 0 Å². The molecule has 0 amide bonds. The Balaban J connectivity index is 1.63. The summed E-state index contributed by atoms with van der Waals surface area (Å²) in [5, 5.41) is 0. The zero-order valence-corrected chi connectivity index (χ0v) is 11.7. The minimum Gasteiger partial charge on any atom is -0.493 e. The maximum Gasteiger partial charge on any atom is 0.191 e. The number of nitrogens with zero attached hydrogens (tertiary/aromatic N) is 2. The fourth-order valence-electron chi connectivity index (χ4n) is 2.48. The topological polar surface area (TPSA) is 50.9 Å². The lowest BCUT2D eigenvalue weighted by Gasteiger charge is -2.27. The van der Waals surface area contributed by atoms with Gasteiger partial charge in [-0.1, -0.05) is 18.2 Å². The second-order valence-corrected chi connectivity index (χ2v) is 6.07. The normalized spacial score (nSPS) is 23.1. The summed E-state index contributed by atoms with van der Waals surface area (Å²) in [6.45, 7) is 3.45. The summed E-state index contributed by atoms with van der Waals surface area (Å²) in [7, 11) is 0. The minimum atomic E-state index is 0.342. The molecule has 0 radical (unpaired) electrons. The molecule has 0 aromatic heterocycles. The molecule has 2 N–H and O–H groups in total. The van der Waals surface area contributed by atoms with Crippen molar-refractivity contribution in [1.29, 1.82) is 0 Å². The van der Waals surface area contributed by atoms with Crippen LogP contribution in [0, 0.1) is 0 Å². The zero-order chi connectivity index (χ0) is 13.1. The van der Waals surface area contributed by atoms with E-state index < -0.39 is 0 Å². The summed E-state index contributed by atoms with van der Waals surface area (Å²) >= 11 is 1.98. The summed E-state index contributed by atoms with van der Waals surface area (Å²) in [6, 6.07) is 8.19. The first-order valence-corrected chi connectivity index (χ1v) is 7.84. The quantitative estimate of drug-likeness (QED) is 0.658. The molecule has 1 saturated heterocycles. The van der Waals surface area contributed by atoms with Gasteiger partial charge in [-0.2, -0.15) is 11.8 Å². The molecular formula is C14H19N3OS. The third-order valence-electron chi connectivity index (χ3n) is 3.61. The minimum absolute atomic E-state index is 0.342. The lowest BCUT2D eigenvalue weighted by Crippen LogP contribution is -2.42. The van der Waals surface area contributed by atoms with Crippen molar-refractivity contribution in [2.45, 2.75) is 5.92 Å². The SMILES string of the molecule is NC(=NCC1COc2ccccc21)N1CCSCC1. The molecule has 1 unspecified atom stereocenters. The van der Waals surface area contributed by atoms with Crippen LogP contribution in [0.2, 0.25) is 0 Å². The largest absolute Gasteiger partial charge is 0.493 e. The van der Waals surface area contributed by atoms with Gasteiger partial charge in [0.2, 0.25) is 0 Å². The highest BCUT2D eigenvalue weighted by Gasteiger charge is 2.23. The Morgan fingerprint density at radius 2 is 2.16 bits per heavy atom. The van der Waals surface area contributed by atoms with Gasteiger partial charge in [-0.15, -0.1) is 0 Å². The molecule has 1 atom stereocenters. The Labute approximate surface area is 118 Å². The Morgan fingerprint density at radius 1 is 1.37 bits per heavy atom. The van der Waals surface area contributed by atoms with Crippen molar-refractivity contribution in [1.82, 2.24) is 4.90 Å². The molecule has 1 aromatic carbocycles. The van der Waals surface area contributed by atoms with Crippen molar-refractivity contribution in [3.63, 3.8) is 0 Å². The van der Waals surface area contributed by atoms with Crippen molar-refractivity contribution in [2.24, 2.45) is 10.7 Å². The molecule has 0 spiro atoms. The van der Waals surface area contributed by atoms with Gasteiger partial charge >= 0.3 is 0 Å². The summed E-state index contributed by atoms with van der Waals surface area (Å²) < 4.78 is 5.66. The smallest absolute Gasteiger partial charge is 0.191 e. The van der Waals surface area contributed by atoms with Gasteiger partial charge in [-0.3, -0.25) is 4.99 Å². The fourth-order valence-corrected chi connectivity index (χ4v) is 3.38. The van der Waals surface area contributed by atoms with E-state index in [4.69, 9.17) is 10.5 Å². The predicted molar refractivity (Wildman–Crippen MR) is 80.1 cm³/mol. The molecule has 1 fully saturated rings. The Hall–Kier alpha value is -1.36. The lowest BCUT2D eigenvalue weighted by molar-refractivity contribution is 0.332. The van der Waals surface area contributed by atoms with Crippen molar-refractivity contribution in [3.8, 4) is 5.75 Å². The zero-order valence-electron chi connectivity index (χ0n) is 10.9. The van der Waals surface area contributed by atoms with Crippen LogP contribution in [0.25, 0.3) is 0 Å². The predicted octanol–water partition coefficient (Wildman–Crippen LogP) is 1.53. The molecule has 2 aliphatic rings. The van der Waals surface area contributed by atoms with Crippen LogP contribution >= 0.6 is 11.8 Å². The van der Waals surface area contributed by atoms with Crippen molar-refractivity contribution in [3.05, 3.63) is 29.8 Å². The Bertz CT molecular complexity index is 472. The van der Waals surface area contributed by atoms with Crippen LogP contribution in [0.15, 0.2) is 29.3 Å². The Kier molecular flexibility index (Phi) is 3.82. The molecule has 5 heteroatoms. The molecule has 3 rings (SSSR count). The van der Waals surface area contributed by atoms with Gasteiger partial charge < -0.3 is 15.4 Å². The van der Waals surface area contributed by atoms with Gasteiger partial charge in [0, 0.05) is 36.1 Å². The van der Waals surface area contributed by atoms with Gasteiger partial charge in [-0.25, -0.2) is 0 Å². The van der Waals surface area contributed by atoms with Crippen LogP contribution in [0.1, 0.15) is 11.5 Å². The van der Waals surface area contributed by atoms with Crippen LogP contribution in [0.3, 0.4) is 0 Å². The summed E-state index contributed by atoms with van der Waals surface area (Å²) in [6.07, 6.45) is 0. The first-order valence-electron chi connectivity index (χ1n) is 6.69. The molecule has 2 heterocycles. The second kappa shape index (κ2) is 5.74. The molecule has 19 heavy (non-hydrogen) atoms. The van der Waals surface area contributed by atoms with E-state index in [1.165, 1.54) is 5.56 Å². The Morgan fingerprint density at radius 3 is 3.00 bits per heavy atom. The third-order valence-corrected chi connectivity index (χ3v) is 4.55. The standard InChI is InChI=1S/C14H19N3OS/c15-14(17-5-7-19-8-6-17)16-9-11-10-18-13-4-2-1-3-12(11)13/h1-4,11H,5-10H2,(H2,15,16). The first-order chi connectivity index (χ1) is 9.34.